The summed E-state index contributed by atoms with van der Waals surface area (Å²) >= 11 is 7.64. The third kappa shape index (κ3) is 5.34. The number of halogens is 2. The first kappa shape index (κ1) is 21.5. The van der Waals surface area contributed by atoms with Crippen molar-refractivity contribution in [2.45, 2.75) is 25.3 Å². The lowest BCUT2D eigenvalue weighted by atomic mass is 9.99. The quantitative estimate of drug-likeness (QED) is 0.746. The molecule has 1 N–H and O–H groups in total. The van der Waals surface area contributed by atoms with E-state index >= 15 is 0 Å². The van der Waals surface area contributed by atoms with Crippen LogP contribution in [0.1, 0.15) is 29.0 Å². The Balaban J connectivity index is 2.10. The predicted molar refractivity (Wildman–Crippen MR) is 103 cm³/mol. The van der Waals surface area contributed by atoms with E-state index in [1.54, 1.807) is 13.0 Å². The Morgan fingerprint density at radius 2 is 2.19 bits per heavy atom. The van der Waals surface area contributed by atoms with Crippen molar-refractivity contribution in [1.29, 1.82) is 5.26 Å². The van der Waals surface area contributed by atoms with Crippen molar-refractivity contribution in [3.8, 4) is 6.07 Å². The van der Waals surface area contributed by atoms with E-state index in [1.807, 2.05) is 11.0 Å². The number of benzene rings is 1. The van der Waals surface area contributed by atoms with Crippen molar-refractivity contribution in [3.05, 3.63) is 34.6 Å². The average molecular weight is 414 g/mol. The van der Waals surface area contributed by atoms with Gasteiger partial charge in [-0.2, -0.15) is 5.26 Å². The van der Waals surface area contributed by atoms with Crippen LogP contribution in [0.4, 0.5) is 9.18 Å². The minimum absolute atomic E-state index is 0.00965. The maximum atomic E-state index is 13.7. The van der Waals surface area contributed by atoms with Gasteiger partial charge in [-0.15, -0.1) is 11.6 Å². The third-order valence-electron chi connectivity index (χ3n) is 4.62. The number of nitrogens with zero attached hydrogens (tertiary/aromatic N) is 3. The fourth-order valence-electron chi connectivity index (χ4n) is 3.19. The number of carboxylic acid groups (broad SMARTS) is 1. The van der Waals surface area contributed by atoms with Crippen molar-refractivity contribution in [1.82, 2.24) is 9.80 Å². The Kier molecular flexibility index (Phi) is 7.48. The lowest BCUT2D eigenvalue weighted by Crippen LogP contribution is -2.56. The van der Waals surface area contributed by atoms with E-state index in [9.17, 15) is 19.1 Å². The molecule has 2 unspecified atom stereocenters. The molecule has 9 heteroatoms. The highest BCUT2D eigenvalue weighted by Crippen LogP contribution is 2.29. The number of hydrogen-bond donors (Lipinski definition) is 1. The molecule has 0 aromatic heterocycles. The average Bonchev–Trinajstić information content (AvgIpc) is 2.60. The highest BCUT2D eigenvalue weighted by Gasteiger charge is 2.31. The van der Waals surface area contributed by atoms with Crippen molar-refractivity contribution in [2.24, 2.45) is 0 Å². The Bertz CT molecular complexity index is 771. The SMILES string of the molecule is CC(=O)SCC1CN(CC(Cl)c2ccc(F)c(C#N)c2C)CCN1C(=O)O. The summed E-state index contributed by atoms with van der Waals surface area (Å²) in [5.41, 5.74) is 1.19. The van der Waals surface area contributed by atoms with E-state index < -0.39 is 17.3 Å². The zero-order chi connectivity index (χ0) is 20.1. The topological polar surface area (TPSA) is 84.6 Å². The summed E-state index contributed by atoms with van der Waals surface area (Å²) in [5, 5.41) is 18.0. The number of rotatable bonds is 5. The van der Waals surface area contributed by atoms with Gasteiger partial charge < -0.3 is 10.0 Å². The molecular formula is C18H21ClFN3O3S. The summed E-state index contributed by atoms with van der Waals surface area (Å²) in [5.74, 6) is -0.182. The van der Waals surface area contributed by atoms with Crippen molar-refractivity contribution < 1.29 is 19.1 Å². The van der Waals surface area contributed by atoms with Gasteiger partial charge in [0.25, 0.3) is 0 Å². The molecule has 0 bridgehead atoms. The Hall–Kier alpha value is -1.82. The minimum atomic E-state index is -1.00. The molecule has 1 fully saturated rings. The monoisotopic (exact) mass is 413 g/mol. The summed E-state index contributed by atoms with van der Waals surface area (Å²) in [6, 6.07) is 4.38. The van der Waals surface area contributed by atoms with Crippen molar-refractivity contribution in [3.63, 3.8) is 0 Å². The molecule has 27 heavy (non-hydrogen) atoms. The van der Waals surface area contributed by atoms with Gasteiger partial charge in [0.05, 0.1) is 17.0 Å². The second kappa shape index (κ2) is 9.40. The maximum Gasteiger partial charge on any atom is 0.407 e. The standard InChI is InChI=1S/C18H21ClFN3O3S/c1-11-14(3-4-17(20)15(11)7-21)16(19)9-22-5-6-23(18(25)26)13(8-22)10-27-12(2)24/h3-4,13,16H,5-6,8-10H2,1-2H3,(H,25,26). The van der Waals surface area contributed by atoms with Gasteiger partial charge in [0.1, 0.15) is 11.9 Å². The molecule has 146 valence electrons. The van der Waals surface area contributed by atoms with E-state index in [2.05, 4.69) is 0 Å². The first-order valence-corrected chi connectivity index (χ1v) is 9.85. The van der Waals surface area contributed by atoms with E-state index in [0.29, 0.717) is 43.1 Å². The van der Waals surface area contributed by atoms with Gasteiger partial charge in [-0.1, -0.05) is 17.8 Å². The number of nitriles is 1. The normalized spacial score (nSPS) is 18.8. The first-order valence-electron chi connectivity index (χ1n) is 8.43. The zero-order valence-electron chi connectivity index (χ0n) is 15.1. The molecule has 0 spiro atoms. The molecule has 6 nitrogen and oxygen atoms in total. The number of alkyl halides is 1. The van der Waals surface area contributed by atoms with Gasteiger partial charge in [-0.3, -0.25) is 9.69 Å². The molecule has 2 rings (SSSR count). The highest BCUT2D eigenvalue weighted by atomic mass is 35.5. The largest absolute Gasteiger partial charge is 0.465 e. The molecule has 1 aliphatic heterocycles. The van der Waals surface area contributed by atoms with Crippen LogP contribution >= 0.6 is 23.4 Å². The van der Waals surface area contributed by atoms with Gasteiger partial charge in [-0.25, -0.2) is 9.18 Å². The van der Waals surface area contributed by atoms with Crippen LogP contribution in [0.2, 0.25) is 0 Å². The summed E-state index contributed by atoms with van der Waals surface area (Å²) in [7, 11) is 0. The molecule has 0 aliphatic carbocycles. The number of amides is 1. The van der Waals surface area contributed by atoms with E-state index in [4.69, 9.17) is 16.9 Å². The highest BCUT2D eigenvalue weighted by molar-refractivity contribution is 8.13. The van der Waals surface area contributed by atoms with E-state index in [0.717, 1.165) is 11.8 Å². The van der Waals surface area contributed by atoms with Gasteiger partial charge >= 0.3 is 6.09 Å². The minimum Gasteiger partial charge on any atom is -0.465 e. The second-order valence-electron chi connectivity index (χ2n) is 6.41. The molecule has 1 amide bonds. The van der Waals surface area contributed by atoms with Gasteiger partial charge in [-0.05, 0) is 24.1 Å². The smallest absolute Gasteiger partial charge is 0.407 e. The number of carbonyl (C=O) groups excluding carboxylic acids is 1. The van der Waals surface area contributed by atoms with E-state index in [1.165, 1.54) is 17.9 Å². The fourth-order valence-corrected chi connectivity index (χ4v) is 4.33. The lowest BCUT2D eigenvalue weighted by molar-refractivity contribution is -0.109. The third-order valence-corrected chi connectivity index (χ3v) is 5.95. The van der Waals surface area contributed by atoms with Crippen LogP contribution in [0.15, 0.2) is 12.1 Å². The van der Waals surface area contributed by atoms with Crippen LogP contribution in [0.5, 0.6) is 0 Å². The van der Waals surface area contributed by atoms with Crippen LogP contribution < -0.4 is 0 Å². The maximum absolute atomic E-state index is 13.7. The summed E-state index contributed by atoms with van der Waals surface area (Å²) < 4.78 is 13.7. The Labute approximate surface area is 166 Å². The van der Waals surface area contributed by atoms with Gasteiger partial charge in [0.15, 0.2) is 5.12 Å². The molecule has 1 aromatic rings. The van der Waals surface area contributed by atoms with E-state index in [-0.39, 0.29) is 16.7 Å². The molecular weight excluding hydrogens is 393 g/mol. The molecule has 0 radical (unpaired) electrons. The van der Waals surface area contributed by atoms with Gasteiger partial charge in [0, 0.05) is 38.9 Å². The van der Waals surface area contributed by atoms with Crippen LogP contribution in [-0.2, 0) is 4.79 Å². The summed E-state index contributed by atoms with van der Waals surface area (Å²) in [6.07, 6.45) is -1.00. The summed E-state index contributed by atoms with van der Waals surface area (Å²) in [6.45, 7) is 4.86. The van der Waals surface area contributed by atoms with Crippen molar-refractivity contribution in [2.75, 3.05) is 31.9 Å². The Morgan fingerprint density at radius 3 is 2.78 bits per heavy atom. The van der Waals surface area contributed by atoms with Gasteiger partial charge in [0.2, 0.25) is 0 Å². The molecule has 1 saturated heterocycles. The lowest BCUT2D eigenvalue weighted by Gasteiger charge is -2.40. The van der Waals surface area contributed by atoms with Crippen molar-refractivity contribution >= 4 is 34.6 Å². The van der Waals surface area contributed by atoms with Crippen LogP contribution in [0.3, 0.4) is 0 Å². The summed E-state index contributed by atoms with van der Waals surface area (Å²) in [4.78, 5) is 26.1. The molecule has 1 heterocycles. The predicted octanol–water partition coefficient (Wildman–Crippen LogP) is 3.23. The van der Waals surface area contributed by atoms with Crippen LogP contribution in [-0.4, -0.2) is 64.1 Å². The number of hydrogen-bond acceptors (Lipinski definition) is 5. The van der Waals surface area contributed by atoms with Crippen LogP contribution in [0, 0.1) is 24.1 Å². The molecule has 0 saturated carbocycles. The second-order valence-corrected chi connectivity index (χ2v) is 8.13. The number of thioether (sulfide) groups is 1. The molecule has 1 aliphatic rings. The van der Waals surface area contributed by atoms with Crippen LogP contribution in [0.25, 0.3) is 0 Å². The number of piperazine rings is 1. The molecule has 2 atom stereocenters. The first-order chi connectivity index (χ1) is 12.7. The zero-order valence-corrected chi connectivity index (χ0v) is 16.7. The molecule has 1 aromatic carbocycles. The fraction of sp³-hybridized carbons (Fsp3) is 0.500. The Morgan fingerprint density at radius 1 is 1.48 bits per heavy atom. The number of carbonyl (C=O) groups is 2.